The Morgan fingerprint density at radius 1 is 1.53 bits per heavy atom. The lowest BCUT2D eigenvalue weighted by molar-refractivity contribution is -0.386. The van der Waals surface area contributed by atoms with Crippen molar-refractivity contribution in [1.29, 1.82) is 0 Å². The molecule has 17 heavy (non-hydrogen) atoms. The summed E-state index contributed by atoms with van der Waals surface area (Å²) in [5.74, 6) is 0. The molecule has 0 heterocycles. The van der Waals surface area contributed by atoms with Crippen molar-refractivity contribution in [2.75, 3.05) is 0 Å². The number of nitrogens with two attached hydrogens (primary N) is 1. The van der Waals surface area contributed by atoms with Gasteiger partial charge < -0.3 is 10.5 Å². The van der Waals surface area contributed by atoms with Gasteiger partial charge in [-0.25, -0.2) is 0 Å². The molecule has 0 spiro atoms. The van der Waals surface area contributed by atoms with Crippen LogP contribution in [0.25, 0.3) is 0 Å². The average molecular weight is 257 g/mol. The Morgan fingerprint density at radius 2 is 2.24 bits per heavy atom. The van der Waals surface area contributed by atoms with Crippen LogP contribution < -0.4 is 5.73 Å². The van der Waals surface area contributed by atoms with Gasteiger partial charge in [0.2, 0.25) is 0 Å². The molecule has 0 unspecified atom stereocenters. The Kier molecular flexibility index (Phi) is 3.61. The third-order valence-electron chi connectivity index (χ3n) is 2.84. The van der Waals surface area contributed by atoms with Crippen LogP contribution in [0.15, 0.2) is 18.2 Å². The van der Waals surface area contributed by atoms with E-state index in [0.29, 0.717) is 10.6 Å². The molecule has 0 amide bonds. The van der Waals surface area contributed by atoms with E-state index in [1.54, 1.807) is 6.07 Å². The van der Waals surface area contributed by atoms with Gasteiger partial charge in [0.05, 0.1) is 23.2 Å². The molecule has 1 aromatic carbocycles. The summed E-state index contributed by atoms with van der Waals surface area (Å²) in [7, 11) is 0. The Morgan fingerprint density at radius 3 is 2.82 bits per heavy atom. The van der Waals surface area contributed by atoms with Gasteiger partial charge >= 0.3 is 0 Å². The van der Waals surface area contributed by atoms with Gasteiger partial charge in [-0.05, 0) is 25.0 Å². The molecule has 1 fully saturated rings. The zero-order valence-electron chi connectivity index (χ0n) is 9.14. The topological polar surface area (TPSA) is 78.4 Å². The van der Waals surface area contributed by atoms with Crippen LogP contribution in [0.3, 0.4) is 0 Å². The van der Waals surface area contributed by atoms with Gasteiger partial charge in [0, 0.05) is 17.1 Å². The Labute approximate surface area is 104 Å². The molecule has 1 aliphatic carbocycles. The molecule has 0 aliphatic heterocycles. The molecule has 92 valence electrons. The second-order valence-electron chi connectivity index (χ2n) is 4.19. The smallest absolute Gasteiger partial charge is 0.275 e. The summed E-state index contributed by atoms with van der Waals surface area (Å²) in [4.78, 5) is 10.4. The van der Waals surface area contributed by atoms with Crippen molar-refractivity contribution in [3.8, 4) is 0 Å². The largest absolute Gasteiger partial charge is 0.373 e. The van der Waals surface area contributed by atoms with Crippen LogP contribution in [0.4, 0.5) is 5.69 Å². The molecule has 1 saturated carbocycles. The van der Waals surface area contributed by atoms with E-state index in [9.17, 15) is 10.1 Å². The van der Waals surface area contributed by atoms with Gasteiger partial charge in [-0.2, -0.15) is 0 Å². The molecule has 0 saturated heterocycles. The maximum atomic E-state index is 10.8. The minimum absolute atomic E-state index is 0.0398. The lowest BCUT2D eigenvalue weighted by atomic mass is 9.90. The first-order chi connectivity index (χ1) is 8.06. The first-order valence-electron chi connectivity index (χ1n) is 5.36. The number of nitrogens with zero attached hydrogens (tertiary/aromatic N) is 1. The first-order valence-corrected chi connectivity index (χ1v) is 5.74. The van der Waals surface area contributed by atoms with Gasteiger partial charge in [0.25, 0.3) is 5.69 Å². The summed E-state index contributed by atoms with van der Waals surface area (Å²) in [5, 5.41) is 11.3. The van der Waals surface area contributed by atoms with Crippen LogP contribution in [-0.4, -0.2) is 17.1 Å². The number of ether oxygens (including phenoxy) is 1. The molecule has 1 aromatic rings. The highest BCUT2D eigenvalue weighted by atomic mass is 35.5. The van der Waals surface area contributed by atoms with Crippen molar-refractivity contribution in [3.05, 3.63) is 38.9 Å². The van der Waals surface area contributed by atoms with E-state index in [1.165, 1.54) is 12.1 Å². The third kappa shape index (κ3) is 2.94. The van der Waals surface area contributed by atoms with Crippen LogP contribution in [-0.2, 0) is 11.3 Å². The fourth-order valence-electron chi connectivity index (χ4n) is 1.80. The normalized spacial score (nSPS) is 23.2. The van der Waals surface area contributed by atoms with E-state index in [-0.39, 0.29) is 24.4 Å². The van der Waals surface area contributed by atoms with Gasteiger partial charge in [-0.15, -0.1) is 0 Å². The fraction of sp³-hybridized carbons (Fsp3) is 0.455. The van der Waals surface area contributed by atoms with Crippen molar-refractivity contribution in [1.82, 2.24) is 0 Å². The SMILES string of the molecule is NC1CC(OCc2cc(Cl)ccc2[N+](=O)[O-])C1. The predicted molar refractivity (Wildman–Crippen MR) is 63.9 cm³/mol. The van der Waals surface area contributed by atoms with E-state index < -0.39 is 4.92 Å². The highest BCUT2D eigenvalue weighted by Crippen LogP contribution is 2.27. The van der Waals surface area contributed by atoms with Crippen molar-refractivity contribution in [2.24, 2.45) is 5.73 Å². The van der Waals surface area contributed by atoms with E-state index in [2.05, 4.69) is 0 Å². The maximum absolute atomic E-state index is 10.8. The molecular formula is C11H13ClN2O3. The molecule has 0 atom stereocenters. The maximum Gasteiger partial charge on any atom is 0.275 e. The highest BCUT2D eigenvalue weighted by Gasteiger charge is 2.27. The van der Waals surface area contributed by atoms with Crippen LogP contribution >= 0.6 is 11.6 Å². The average Bonchev–Trinajstić information content (AvgIpc) is 2.22. The molecule has 0 bridgehead atoms. The van der Waals surface area contributed by atoms with Crippen LogP contribution in [0.5, 0.6) is 0 Å². The minimum Gasteiger partial charge on any atom is -0.373 e. The zero-order valence-corrected chi connectivity index (χ0v) is 9.89. The van der Waals surface area contributed by atoms with Crippen molar-refractivity contribution in [3.63, 3.8) is 0 Å². The number of benzene rings is 1. The first kappa shape index (κ1) is 12.3. The minimum atomic E-state index is -0.429. The predicted octanol–water partition coefficient (Wildman–Crippen LogP) is 2.25. The summed E-state index contributed by atoms with van der Waals surface area (Å²) >= 11 is 5.81. The van der Waals surface area contributed by atoms with Crippen molar-refractivity contribution in [2.45, 2.75) is 31.6 Å². The number of nitro groups is 1. The summed E-state index contributed by atoms with van der Waals surface area (Å²) in [6.07, 6.45) is 1.74. The van der Waals surface area contributed by atoms with Crippen LogP contribution in [0.1, 0.15) is 18.4 Å². The summed E-state index contributed by atoms with van der Waals surface area (Å²) in [6.45, 7) is 0.203. The van der Waals surface area contributed by atoms with E-state index in [4.69, 9.17) is 22.1 Å². The Balaban J connectivity index is 2.03. The number of hydrogen-bond acceptors (Lipinski definition) is 4. The Hall–Kier alpha value is -1.17. The molecule has 5 nitrogen and oxygen atoms in total. The van der Waals surface area contributed by atoms with Crippen molar-refractivity contribution >= 4 is 17.3 Å². The summed E-state index contributed by atoms with van der Waals surface area (Å²) in [5.41, 5.74) is 6.17. The van der Waals surface area contributed by atoms with E-state index in [1.807, 2.05) is 0 Å². The second-order valence-corrected chi connectivity index (χ2v) is 4.63. The zero-order chi connectivity index (χ0) is 12.4. The van der Waals surface area contributed by atoms with E-state index >= 15 is 0 Å². The van der Waals surface area contributed by atoms with Gasteiger partial charge in [0.15, 0.2) is 0 Å². The third-order valence-corrected chi connectivity index (χ3v) is 3.08. The summed E-state index contributed by atoms with van der Waals surface area (Å²) < 4.78 is 5.54. The number of rotatable bonds is 4. The standard InChI is InChI=1S/C11H13ClN2O3/c12-8-1-2-11(14(15)16)7(3-8)6-17-10-4-9(13)5-10/h1-3,9-10H,4-6,13H2. The number of hydrogen-bond donors (Lipinski definition) is 1. The van der Waals surface area contributed by atoms with E-state index in [0.717, 1.165) is 12.8 Å². The molecule has 0 aromatic heterocycles. The van der Waals surface area contributed by atoms with Gasteiger partial charge in [0.1, 0.15) is 0 Å². The highest BCUT2D eigenvalue weighted by molar-refractivity contribution is 6.30. The molecule has 2 N–H and O–H groups in total. The molecule has 1 aliphatic rings. The van der Waals surface area contributed by atoms with Gasteiger partial charge in [-0.3, -0.25) is 10.1 Å². The van der Waals surface area contributed by atoms with Gasteiger partial charge in [-0.1, -0.05) is 11.6 Å². The molecule has 6 heteroatoms. The molecule has 2 rings (SSSR count). The number of nitro benzene ring substituents is 1. The monoisotopic (exact) mass is 256 g/mol. The molecular weight excluding hydrogens is 244 g/mol. The number of halogens is 1. The summed E-state index contributed by atoms with van der Waals surface area (Å²) in [6, 6.07) is 4.67. The van der Waals surface area contributed by atoms with Crippen LogP contribution in [0.2, 0.25) is 5.02 Å². The van der Waals surface area contributed by atoms with Crippen LogP contribution in [0, 0.1) is 10.1 Å². The lowest BCUT2D eigenvalue weighted by Crippen LogP contribution is -2.41. The molecule has 0 radical (unpaired) electrons. The lowest BCUT2D eigenvalue weighted by Gasteiger charge is -2.32. The quantitative estimate of drug-likeness (QED) is 0.662. The van der Waals surface area contributed by atoms with Crippen molar-refractivity contribution < 1.29 is 9.66 Å². The Bertz CT molecular complexity index is 433. The second kappa shape index (κ2) is 5.00. The fourth-order valence-corrected chi connectivity index (χ4v) is 1.99.